The van der Waals surface area contributed by atoms with E-state index < -0.39 is 0 Å². The molecule has 1 heterocycles. The Morgan fingerprint density at radius 1 is 1.25 bits per heavy atom. The number of fused-ring (bicyclic) bond motifs is 1. The molecule has 4 heteroatoms. The molecule has 0 saturated carbocycles. The lowest BCUT2D eigenvalue weighted by atomic mass is 9.94. The molecule has 0 bridgehead atoms. The minimum atomic E-state index is -0.0678. The standard InChI is InChI=1S/C20H24N2O2/c1-2-12-24-17-8-5-7-16(13-17)20(23)22-14-19-18-9-4-3-6-15(18)10-11-21-19/h3-9,13,19,21H,2,10-12,14H2,1H3,(H,22,23). The first kappa shape index (κ1) is 16.5. The van der Waals surface area contributed by atoms with Crippen LogP contribution in [0.3, 0.4) is 0 Å². The smallest absolute Gasteiger partial charge is 0.251 e. The normalized spacial score (nSPS) is 16.3. The average molecular weight is 324 g/mol. The van der Waals surface area contributed by atoms with E-state index in [-0.39, 0.29) is 11.9 Å². The minimum Gasteiger partial charge on any atom is -0.494 e. The highest BCUT2D eigenvalue weighted by Crippen LogP contribution is 2.22. The Balaban J connectivity index is 1.62. The first-order chi connectivity index (χ1) is 11.8. The summed E-state index contributed by atoms with van der Waals surface area (Å²) in [5.74, 6) is 0.674. The van der Waals surface area contributed by atoms with E-state index in [9.17, 15) is 4.79 Å². The third kappa shape index (κ3) is 3.95. The summed E-state index contributed by atoms with van der Waals surface area (Å²) < 4.78 is 5.59. The lowest BCUT2D eigenvalue weighted by Gasteiger charge is -2.27. The van der Waals surface area contributed by atoms with Crippen LogP contribution in [0.15, 0.2) is 48.5 Å². The predicted octanol–water partition coefficient (Wildman–Crippen LogP) is 3.09. The molecule has 2 aromatic rings. The SMILES string of the molecule is CCCOc1cccc(C(=O)NCC2NCCc3ccccc32)c1. The Hall–Kier alpha value is -2.33. The molecule has 1 unspecified atom stereocenters. The van der Waals surface area contributed by atoms with E-state index >= 15 is 0 Å². The van der Waals surface area contributed by atoms with Gasteiger partial charge in [0, 0.05) is 18.2 Å². The summed E-state index contributed by atoms with van der Waals surface area (Å²) in [7, 11) is 0. The second-order valence-corrected chi connectivity index (χ2v) is 6.04. The van der Waals surface area contributed by atoms with Gasteiger partial charge in [-0.3, -0.25) is 4.79 Å². The van der Waals surface area contributed by atoms with Crippen LogP contribution >= 0.6 is 0 Å². The first-order valence-corrected chi connectivity index (χ1v) is 8.60. The van der Waals surface area contributed by atoms with Crippen LogP contribution in [0.2, 0.25) is 0 Å². The van der Waals surface area contributed by atoms with Crippen LogP contribution in [0.1, 0.15) is 40.9 Å². The van der Waals surface area contributed by atoms with Crippen molar-refractivity contribution in [3.8, 4) is 5.75 Å². The lowest BCUT2D eigenvalue weighted by Crippen LogP contribution is -2.38. The minimum absolute atomic E-state index is 0.0678. The third-order valence-electron chi connectivity index (χ3n) is 4.25. The van der Waals surface area contributed by atoms with Crippen molar-refractivity contribution in [2.75, 3.05) is 19.7 Å². The number of ether oxygens (including phenoxy) is 1. The summed E-state index contributed by atoms with van der Waals surface area (Å²) in [5, 5.41) is 6.52. The number of rotatable bonds is 6. The molecular weight excluding hydrogens is 300 g/mol. The van der Waals surface area contributed by atoms with Gasteiger partial charge in [-0.2, -0.15) is 0 Å². The second kappa shape index (κ2) is 7.97. The Morgan fingerprint density at radius 2 is 2.12 bits per heavy atom. The van der Waals surface area contributed by atoms with Crippen LogP contribution < -0.4 is 15.4 Å². The molecule has 0 fully saturated rings. The monoisotopic (exact) mass is 324 g/mol. The van der Waals surface area contributed by atoms with Crippen LogP contribution in [0.4, 0.5) is 0 Å². The van der Waals surface area contributed by atoms with Crippen molar-refractivity contribution in [3.05, 3.63) is 65.2 Å². The van der Waals surface area contributed by atoms with Crippen molar-refractivity contribution in [1.82, 2.24) is 10.6 Å². The fourth-order valence-corrected chi connectivity index (χ4v) is 3.02. The van der Waals surface area contributed by atoms with E-state index in [0.29, 0.717) is 18.7 Å². The zero-order valence-corrected chi connectivity index (χ0v) is 14.0. The molecule has 3 rings (SSSR count). The number of amides is 1. The van der Waals surface area contributed by atoms with Gasteiger partial charge in [-0.15, -0.1) is 0 Å². The van der Waals surface area contributed by atoms with Gasteiger partial charge in [0.05, 0.1) is 6.61 Å². The van der Waals surface area contributed by atoms with E-state index in [4.69, 9.17) is 4.74 Å². The van der Waals surface area contributed by atoms with E-state index in [1.165, 1.54) is 11.1 Å². The molecule has 126 valence electrons. The van der Waals surface area contributed by atoms with Gasteiger partial charge in [0.25, 0.3) is 5.91 Å². The highest BCUT2D eigenvalue weighted by Gasteiger charge is 2.19. The fraction of sp³-hybridized carbons (Fsp3) is 0.350. The van der Waals surface area contributed by atoms with Gasteiger partial charge in [0.1, 0.15) is 5.75 Å². The van der Waals surface area contributed by atoms with Gasteiger partial charge in [-0.1, -0.05) is 37.3 Å². The van der Waals surface area contributed by atoms with Crippen molar-refractivity contribution in [2.24, 2.45) is 0 Å². The summed E-state index contributed by atoms with van der Waals surface area (Å²) in [6.45, 7) is 4.24. The molecule has 0 spiro atoms. The fourth-order valence-electron chi connectivity index (χ4n) is 3.02. The quantitative estimate of drug-likeness (QED) is 0.858. The summed E-state index contributed by atoms with van der Waals surface area (Å²) >= 11 is 0. The van der Waals surface area contributed by atoms with Gasteiger partial charge in [0.2, 0.25) is 0 Å². The van der Waals surface area contributed by atoms with Gasteiger partial charge in [0.15, 0.2) is 0 Å². The molecule has 1 aliphatic heterocycles. The molecule has 0 radical (unpaired) electrons. The van der Waals surface area contributed by atoms with Gasteiger partial charge in [-0.05, 0) is 48.7 Å². The average Bonchev–Trinajstić information content (AvgIpc) is 2.64. The van der Waals surface area contributed by atoms with E-state index in [1.807, 2.05) is 18.2 Å². The van der Waals surface area contributed by atoms with Gasteiger partial charge in [-0.25, -0.2) is 0 Å². The molecule has 2 N–H and O–H groups in total. The molecule has 0 aromatic heterocycles. The van der Waals surface area contributed by atoms with Crippen molar-refractivity contribution < 1.29 is 9.53 Å². The molecule has 4 nitrogen and oxygen atoms in total. The maximum Gasteiger partial charge on any atom is 0.251 e. The summed E-state index contributed by atoms with van der Waals surface area (Å²) in [4.78, 5) is 12.4. The van der Waals surface area contributed by atoms with Crippen LogP contribution in [-0.2, 0) is 6.42 Å². The van der Waals surface area contributed by atoms with Crippen molar-refractivity contribution >= 4 is 5.91 Å². The highest BCUT2D eigenvalue weighted by molar-refractivity contribution is 5.94. The van der Waals surface area contributed by atoms with Crippen LogP contribution in [0.25, 0.3) is 0 Å². The van der Waals surface area contributed by atoms with E-state index in [0.717, 1.165) is 25.1 Å². The van der Waals surface area contributed by atoms with Crippen molar-refractivity contribution in [2.45, 2.75) is 25.8 Å². The maximum atomic E-state index is 12.4. The topological polar surface area (TPSA) is 50.4 Å². The number of hydrogen-bond acceptors (Lipinski definition) is 3. The summed E-state index contributed by atoms with van der Waals surface area (Å²) in [6.07, 6.45) is 1.99. The molecule has 0 saturated heterocycles. The van der Waals surface area contributed by atoms with Crippen molar-refractivity contribution in [3.63, 3.8) is 0 Å². The highest BCUT2D eigenvalue weighted by atomic mass is 16.5. The number of hydrogen-bond donors (Lipinski definition) is 2. The number of nitrogens with one attached hydrogen (secondary N) is 2. The number of carbonyl (C=O) groups is 1. The maximum absolute atomic E-state index is 12.4. The Kier molecular flexibility index (Phi) is 5.49. The Bertz CT molecular complexity index is 700. The third-order valence-corrected chi connectivity index (χ3v) is 4.25. The van der Waals surface area contributed by atoms with E-state index in [2.05, 4.69) is 41.8 Å². The Labute approximate surface area is 143 Å². The molecule has 0 aliphatic carbocycles. The summed E-state index contributed by atoms with van der Waals surface area (Å²) in [6, 6.07) is 15.9. The summed E-state index contributed by atoms with van der Waals surface area (Å²) in [5.41, 5.74) is 3.28. The molecule has 1 atom stereocenters. The van der Waals surface area contributed by atoms with Gasteiger partial charge >= 0.3 is 0 Å². The van der Waals surface area contributed by atoms with Crippen LogP contribution in [-0.4, -0.2) is 25.6 Å². The number of benzene rings is 2. The van der Waals surface area contributed by atoms with Crippen LogP contribution in [0.5, 0.6) is 5.75 Å². The zero-order chi connectivity index (χ0) is 16.8. The lowest BCUT2D eigenvalue weighted by molar-refractivity contribution is 0.0948. The number of carbonyl (C=O) groups excluding carboxylic acids is 1. The molecular formula is C20H24N2O2. The first-order valence-electron chi connectivity index (χ1n) is 8.60. The predicted molar refractivity (Wildman–Crippen MR) is 95.5 cm³/mol. The molecule has 1 aliphatic rings. The molecule has 2 aromatic carbocycles. The van der Waals surface area contributed by atoms with Gasteiger partial charge < -0.3 is 15.4 Å². The zero-order valence-electron chi connectivity index (χ0n) is 14.0. The van der Waals surface area contributed by atoms with E-state index in [1.54, 1.807) is 6.07 Å². The Morgan fingerprint density at radius 3 is 3.00 bits per heavy atom. The van der Waals surface area contributed by atoms with Crippen molar-refractivity contribution in [1.29, 1.82) is 0 Å². The molecule has 1 amide bonds. The second-order valence-electron chi connectivity index (χ2n) is 6.04. The molecule has 24 heavy (non-hydrogen) atoms. The van der Waals surface area contributed by atoms with Crippen LogP contribution in [0, 0.1) is 0 Å². The largest absolute Gasteiger partial charge is 0.494 e.